The lowest BCUT2D eigenvalue weighted by atomic mass is 10.0. The van der Waals surface area contributed by atoms with Crippen LogP contribution >= 0.6 is 11.6 Å². The summed E-state index contributed by atoms with van der Waals surface area (Å²) in [5.74, 6) is -1.86. The van der Waals surface area contributed by atoms with Crippen LogP contribution in [-0.2, 0) is 16.1 Å². The molecular formula is C15H18ClFN2O3. The molecule has 7 heteroatoms. The Labute approximate surface area is 133 Å². The Morgan fingerprint density at radius 3 is 2.86 bits per heavy atom. The van der Waals surface area contributed by atoms with Crippen LogP contribution in [-0.4, -0.2) is 40.5 Å². The molecule has 0 spiro atoms. The van der Waals surface area contributed by atoms with Gasteiger partial charge in [-0.25, -0.2) is 4.39 Å². The molecule has 0 radical (unpaired) electrons. The Morgan fingerprint density at radius 1 is 1.50 bits per heavy atom. The molecule has 0 unspecified atom stereocenters. The van der Waals surface area contributed by atoms with Gasteiger partial charge in [0.25, 0.3) is 11.8 Å². The van der Waals surface area contributed by atoms with E-state index in [9.17, 15) is 19.1 Å². The first-order valence-electron chi connectivity index (χ1n) is 7.12. The van der Waals surface area contributed by atoms with Crippen LogP contribution in [0.15, 0.2) is 18.2 Å². The van der Waals surface area contributed by atoms with E-state index in [1.807, 2.05) is 6.92 Å². The van der Waals surface area contributed by atoms with E-state index in [4.69, 9.17) is 11.6 Å². The highest BCUT2D eigenvalue weighted by Gasteiger charge is 2.50. The molecule has 1 atom stereocenters. The van der Waals surface area contributed by atoms with Crippen LogP contribution in [0.3, 0.4) is 0 Å². The Morgan fingerprint density at radius 2 is 2.23 bits per heavy atom. The summed E-state index contributed by atoms with van der Waals surface area (Å²) in [6, 6.07) is 3.90. The lowest BCUT2D eigenvalue weighted by Gasteiger charge is -2.21. The third kappa shape index (κ3) is 3.39. The number of nitrogens with one attached hydrogen (secondary N) is 1. The van der Waals surface area contributed by atoms with Crippen molar-refractivity contribution in [3.05, 3.63) is 34.6 Å². The van der Waals surface area contributed by atoms with Crippen LogP contribution < -0.4 is 5.32 Å². The van der Waals surface area contributed by atoms with Gasteiger partial charge in [0.2, 0.25) is 5.60 Å². The van der Waals surface area contributed by atoms with Crippen molar-refractivity contribution in [3.63, 3.8) is 0 Å². The Balaban J connectivity index is 2.01. The first kappa shape index (κ1) is 16.7. The largest absolute Gasteiger partial charge is 0.372 e. The van der Waals surface area contributed by atoms with Gasteiger partial charge in [0.15, 0.2) is 0 Å². The molecule has 2 N–H and O–H groups in total. The van der Waals surface area contributed by atoms with E-state index in [1.54, 1.807) is 0 Å². The number of aliphatic hydroxyl groups is 1. The molecule has 0 saturated carbocycles. The van der Waals surface area contributed by atoms with Crippen molar-refractivity contribution < 1.29 is 19.1 Å². The second-order valence-corrected chi connectivity index (χ2v) is 5.80. The van der Waals surface area contributed by atoms with E-state index in [2.05, 4.69) is 5.32 Å². The number of rotatable bonds is 5. The summed E-state index contributed by atoms with van der Waals surface area (Å²) < 4.78 is 13.2. The first-order valence-corrected chi connectivity index (χ1v) is 7.49. The van der Waals surface area contributed by atoms with Crippen LogP contribution in [0.1, 0.15) is 25.3 Å². The molecule has 120 valence electrons. The number of likely N-dealkylation sites (tertiary alicyclic amines) is 1. The van der Waals surface area contributed by atoms with Gasteiger partial charge in [-0.3, -0.25) is 9.59 Å². The number of hydrogen-bond donors (Lipinski definition) is 2. The standard InChI is InChI=1S/C15H18ClFN2O3/c1-2-4-19-5-3-15(22,14(19)21)13(20)18-9-10-6-11(16)8-12(17)7-10/h6-8,22H,2-5,9H2,1H3,(H,18,20)/t15-/m1/s1. The fourth-order valence-electron chi connectivity index (χ4n) is 2.50. The number of nitrogens with zero attached hydrogens (tertiary/aromatic N) is 1. The lowest BCUT2D eigenvalue weighted by molar-refractivity contribution is -0.154. The minimum atomic E-state index is -2.04. The summed E-state index contributed by atoms with van der Waals surface area (Å²) in [6.45, 7) is 2.76. The Bertz CT molecular complexity index is 576. The molecule has 1 aromatic rings. The monoisotopic (exact) mass is 328 g/mol. The third-order valence-electron chi connectivity index (χ3n) is 3.63. The summed E-state index contributed by atoms with van der Waals surface area (Å²) in [6.07, 6.45) is 0.812. The van der Waals surface area contributed by atoms with Gasteiger partial charge in [-0.2, -0.15) is 0 Å². The molecule has 1 aromatic carbocycles. The van der Waals surface area contributed by atoms with Gasteiger partial charge in [0.05, 0.1) is 0 Å². The number of benzene rings is 1. The van der Waals surface area contributed by atoms with Gasteiger partial charge >= 0.3 is 0 Å². The van der Waals surface area contributed by atoms with Crippen LogP contribution in [0.25, 0.3) is 0 Å². The lowest BCUT2D eigenvalue weighted by Crippen LogP contribution is -2.52. The van der Waals surface area contributed by atoms with Crippen molar-refractivity contribution in [2.45, 2.75) is 31.9 Å². The van der Waals surface area contributed by atoms with Crippen molar-refractivity contribution in [1.82, 2.24) is 10.2 Å². The Kier molecular flexibility index (Phi) is 5.03. The number of carbonyl (C=O) groups is 2. The topological polar surface area (TPSA) is 69.6 Å². The van der Waals surface area contributed by atoms with Crippen LogP contribution in [0.5, 0.6) is 0 Å². The maximum Gasteiger partial charge on any atom is 0.264 e. The number of amides is 2. The fourth-order valence-corrected chi connectivity index (χ4v) is 2.75. The van der Waals surface area contributed by atoms with Gasteiger partial charge in [-0.15, -0.1) is 0 Å². The summed E-state index contributed by atoms with van der Waals surface area (Å²) in [5, 5.41) is 13.0. The minimum absolute atomic E-state index is 0.0142. The summed E-state index contributed by atoms with van der Waals surface area (Å²) in [7, 11) is 0. The average molecular weight is 329 g/mol. The van der Waals surface area contributed by atoms with E-state index in [0.29, 0.717) is 18.7 Å². The highest BCUT2D eigenvalue weighted by molar-refractivity contribution is 6.30. The van der Waals surface area contributed by atoms with Crippen molar-refractivity contribution in [2.24, 2.45) is 0 Å². The minimum Gasteiger partial charge on any atom is -0.372 e. The van der Waals surface area contributed by atoms with Crippen LogP contribution in [0.2, 0.25) is 5.02 Å². The summed E-state index contributed by atoms with van der Waals surface area (Å²) in [4.78, 5) is 25.7. The van der Waals surface area contributed by atoms with Crippen molar-refractivity contribution in [1.29, 1.82) is 0 Å². The summed E-state index contributed by atoms with van der Waals surface area (Å²) >= 11 is 5.73. The number of hydrogen-bond acceptors (Lipinski definition) is 3. The van der Waals surface area contributed by atoms with Gasteiger partial charge in [-0.1, -0.05) is 18.5 Å². The highest BCUT2D eigenvalue weighted by Crippen LogP contribution is 2.23. The maximum absolute atomic E-state index is 13.2. The molecule has 1 fully saturated rings. The molecule has 1 aliphatic heterocycles. The molecule has 2 rings (SSSR count). The molecule has 1 heterocycles. The SMILES string of the molecule is CCCN1CC[C@@](O)(C(=O)NCc2cc(F)cc(Cl)c2)C1=O. The zero-order chi connectivity index (χ0) is 16.3. The fraction of sp³-hybridized carbons (Fsp3) is 0.467. The maximum atomic E-state index is 13.2. The highest BCUT2D eigenvalue weighted by atomic mass is 35.5. The van der Waals surface area contributed by atoms with E-state index < -0.39 is 23.2 Å². The zero-order valence-corrected chi connectivity index (χ0v) is 13.0. The molecule has 0 bridgehead atoms. The smallest absolute Gasteiger partial charge is 0.264 e. The molecule has 0 aliphatic carbocycles. The first-order chi connectivity index (χ1) is 10.4. The predicted octanol–water partition coefficient (Wildman–Crippen LogP) is 1.47. The van der Waals surface area contributed by atoms with Crippen LogP contribution in [0.4, 0.5) is 4.39 Å². The normalized spacial score (nSPS) is 21.3. The van der Waals surface area contributed by atoms with E-state index in [-0.39, 0.29) is 18.0 Å². The van der Waals surface area contributed by atoms with Gasteiger partial charge in [-0.05, 0) is 30.2 Å². The molecule has 22 heavy (non-hydrogen) atoms. The predicted molar refractivity (Wildman–Crippen MR) is 79.7 cm³/mol. The average Bonchev–Trinajstić information content (AvgIpc) is 2.74. The third-order valence-corrected chi connectivity index (χ3v) is 3.85. The molecule has 0 aromatic heterocycles. The molecule has 1 aliphatic rings. The van der Waals surface area contributed by atoms with Crippen LogP contribution in [0, 0.1) is 5.82 Å². The molecule has 1 saturated heterocycles. The summed E-state index contributed by atoms with van der Waals surface area (Å²) in [5.41, 5.74) is -1.58. The van der Waals surface area contributed by atoms with Gasteiger partial charge < -0.3 is 15.3 Å². The van der Waals surface area contributed by atoms with Gasteiger partial charge in [0.1, 0.15) is 5.82 Å². The second-order valence-electron chi connectivity index (χ2n) is 5.36. The van der Waals surface area contributed by atoms with E-state index in [1.165, 1.54) is 17.0 Å². The quantitative estimate of drug-likeness (QED) is 0.804. The number of carbonyl (C=O) groups excluding carboxylic acids is 2. The molecular weight excluding hydrogens is 311 g/mol. The number of halogens is 2. The molecule has 5 nitrogen and oxygen atoms in total. The van der Waals surface area contributed by atoms with E-state index in [0.717, 1.165) is 12.5 Å². The Hall–Kier alpha value is -1.66. The van der Waals surface area contributed by atoms with Crippen molar-refractivity contribution in [2.75, 3.05) is 13.1 Å². The van der Waals surface area contributed by atoms with Crippen molar-refractivity contribution >= 4 is 23.4 Å². The zero-order valence-electron chi connectivity index (χ0n) is 12.2. The van der Waals surface area contributed by atoms with Crippen molar-refractivity contribution in [3.8, 4) is 0 Å². The van der Waals surface area contributed by atoms with E-state index >= 15 is 0 Å². The van der Waals surface area contributed by atoms with Gasteiger partial charge in [0, 0.05) is 31.1 Å². The second kappa shape index (κ2) is 6.62. The molecule has 2 amide bonds.